The van der Waals surface area contributed by atoms with Crippen LogP contribution in [0.5, 0.6) is 0 Å². The third kappa shape index (κ3) is 3.41. The quantitative estimate of drug-likeness (QED) is 0.646. The molecule has 1 aliphatic heterocycles. The Bertz CT molecular complexity index is 318. The smallest absolute Gasteiger partial charge is 0.341 e. The molecule has 0 unspecified atom stereocenters. The summed E-state index contributed by atoms with van der Waals surface area (Å²) in [6, 6.07) is 0. The molecule has 1 rings (SSSR count). The standard InChI is InChI=1S/C11H19NO5/c1-10(2,3)17-9(14)11(4,15)7-8(13)12-5-6-16-7/h7,15H,5-6H2,1-4H3,(H,12,13)/t7-,11-/m0/s1. The Kier molecular flexibility index (Phi) is 3.78. The average molecular weight is 245 g/mol. The fraction of sp³-hybridized carbons (Fsp3) is 0.818. The third-order valence-corrected chi connectivity index (χ3v) is 2.25. The highest BCUT2D eigenvalue weighted by atomic mass is 16.6. The highest BCUT2D eigenvalue weighted by Crippen LogP contribution is 2.21. The molecule has 1 aliphatic rings. The van der Waals surface area contributed by atoms with E-state index in [1.807, 2.05) is 0 Å². The van der Waals surface area contributed by atoms with E-state index >= 15 is 0 Å². The zero-order chi connectivity index (χ0) is 13.3. The SMILES string of the molecule is CC(C)(C)OC(=O)[C@@](C)(O)[C@H]1OCCNC1=O. The topological polar surface area (TPSA) is 84.9 Å². The number of carbonyl (C=O) groups excluding carboxylic acids is 2. The van der Waals surface area contributed by atoms with E-state index < -0.39 is 29.2 Å². The highest BCUT2D eigenvalue weighted by molar-refractivity contribution is 5.91. The second kappa shape index (κ2) is 4.62. The summed E-state index contributed by atoms with van der Waals surface area (Å²) in [5.74, 6) is -1.38. The molecule has 17 heavy (non-hydrogen) atoms. The minimum atomic E-state index is -1.99. The molecule has 1 saturated heterocycles. The van der Waals surface area contributed by atoms with Crippen LogP contribution >= 0.6 is 0 Å². The first-order chi connectivity index (χ1) is 7.64. The molecule has 0 radical (unpaired) electrons. The van der Waals surface area contributed by atoms with Gasteiger partial charge in [0, 0.05) is 6.54 Å². The van der Waals surface area contributed by atoms with Crippen molar-refractivity contribution in [3.05, 3.63) is 0 Å². The second-order valence-electron chi connectivity index (χ2n) is 5.19. The van der Waals surface area contributed by atoms with Crippen molar-refractivity contribution in [1.82, 2.24) is 5.32 Å². The predicted molar refractivity (Wildman–Crippen MR) is 59.2 cm³/mol. The minimum absolute atomic E-state index is 0.259. The van der Waals surface area contributed by atoms with Gasteiger partial charge in [-0.2, -0.15) is 0 Å². The zero-order valence-electron chi connectivity index (χ0n) is 10.6. The molecule has 6 nitrogen and oxygen atoms in total. The number of hydrogen-bond acceptors (Lipinski definition) is 5. The number of nitrogens with one attached hydrogen (secondary N) is 1. The van der Waals surface area contributed by atoms with Gasteiger partial charge in [-0.25, -0.2) is 4.79 Å². The molecule has 2 N–H and O–H groups in total. The van der Waals surface area contributed by atoms with E-state index in [0.29, 0.717) is 6.54 Å². The van der Waals surface area contributed by atoms with E-state index in [2.05, 4.69) is 5.32 Å². The lowest BCUT2D eigenvalue weighted by atomic mass is 9.97. The Hall–Kier alpha value is -1.14. The fourth-order valence-corrected chi connectivity index (χ4v) is 1.43. The molecule has 0 aromatic rings. The van der Waals surface area contributed by atoms with E-state index in [1.54, 1.807) is 20.8 Å². The van der Waals surface area contributed by atoms with Crippen molar-refractivity contribution < 1.29 is 24.2 Å². The first-order valence-electron chi connectivity index (χ1n) is 5.50. The molecule has 1 heterocycles. The Balaban J connectivity index is 2.78. The lowest BCUT2D eigenvalue weighted by Crippen LogP contribution is -2.60. The molecule has 0 aromatic carbocycles. The van der Waals surface area contributed by atoms with Crippen molar-refractivity contribution in [2.45, 2.75) is 45.0 Å². The van der Waals surface area contributed by atoms with Crippen molar-refractivity contribution in [3.8, 4) is 0 Å². The molecule has 0 bridgehead atoms. The van der Waals surface area contributed by atoms with Gasteiger partial charge in [0.25, 0.3) is 5.91 Å². The van der Waals surface area contributed by atoms with Gasteiger partial charge in [-0.3, -0.25) is 4.79 Å². The van der Waals surface area contributed by atoms with Crippen LogP contribution in [0, 0.1) is 0 Å². The number of hydrogen-bond donors (Lipinski definition) is 2. The summed E-state index contributed by atoms with van der Waals surface area (Å²) in [5.41, 5.74) is -2.72. The van der Waals surface area contributed by atoms with Gasteiger partial charge in [-0.1, -0.05) is 0 Å². The zero-order valence-corrected chi connectivity index (χ0v) is 10.6. The summed E-state index contributed by atoms with van der Waals surface area (Å²) in [6.07, 6.45) is -1.23. The van der Waals surface area contributed by atoms with E-state index in [9.17, 15) is 14.7 Å². The van der Waals surface area contributed by atoms with Crippen LogP contribution in [-0.2, 0) is 19.1 Å². The molecule has 0 aromatic heterocycles. The number of esters is 1. The van der Waals surface area contributed by atoms with Gasteiger partial charge in [0.2, 0.25) is 0 Å². The van der Waals surface area contributed by atoms with E-state index in [1.165, 1.54) is 6.92 Å². The molecular formula is C11H19NO5. The van der Waals surface area contributed by atoms with E-state index in [-0.39, 0.29) is 6.61 Å². The summed E-state index contributed by atoms with van der Waals surface area (Å²) in [5, 5.41) is 12.6. The first kappa shape index (κ1) is 13.9. The Labute approximate surface area is 100 Å². The van der Waals surface area contributed by atoms with Gasteiger partial charge in [-0.05, 0) is 27.7 Å². The van der Waals surface area contributed by atoms with Crippen molar-refractivity contribution in [2.75, 3.05) is 13.2 Å². The van der Waals surface area contributed by atoms with Crippen molar-refractivity contribution >= 4 is 11.9 Å². The van der Waals surface area contributed by atoms with Gasteiger partial charge in [-0.15, -0.1) is 0 Å². The lowest BCUT2D eigenvalue weighted by Gasteiger charge is -2.34. The van der Waals surface area contributed by atoms with Crippen LogP contribution in [-0.4, -0.2) is 47.4 Å². The van der Waals surface area contributed by atoms with Crippen LogP contribution in [0.4, 0.5) is 0 Å². The van der Waals surface area contributed by atoms with E-state index in [4.69, 9.17) is 9.47 Å². The van der Waals surface area contributed by atoms with Crippen molar-refractivity contribution in [2.24, 2.45) is 0 Å². The molecular weight excluding hydrogens is 226 g/mol. The van der Waals surface area contributed by atoms with Gasteiger partial charge in [0.15, 0.2) is 11.7 Å². The van der Waals surface area contributed by atoms with E-state index in [0.717, 1.165) is 0 Å². The summed E-state index contributed by atoms with van der Waals surface area (Å²) in [4.78, 5) is 23.3. The van der Waals surface area contributed by atoms with Crippen LogP contribution in [0.3, 0.4) is 0 Å². The highest BCUT2D eigenvalue weighted by Gasteiger charge is 2.48. The minimum Gasteiger partial charge on any atom is -0.458 e. The Morgan fingerprint density at radius 3 is 2.53 bits per heavy atom. The maximum atomic E-state index is 11.8. The fourth-order valence-electron chi connectivity index (χ4n) is 1.43. The van der Waals surface area contributed by atoms with Crippen molar-refractivity contribution in [3.63, 3.8) is 0 Å². The Morgan fingerprint density at radius 2 is 2.06 bits per heavy atom. The average Bonchev–Trinajstić information content (AvgIpc) is 2.15. The van der Waals surface area contributed by atoms with Gasteiger partial charge >= 0.3 is 5.97 Å². The molecule has 2 atom stereocenters. The summed E-state index contributed by atoms with van der Waals surface area (Å²) in [7, 11) is 0. The molecule has 1 amide bonds. The molecule has 0 spiro atoms. The number of amides is 1. The van der Waals surface area contributed by atoms with Crippen LogP contribution in [0.25, 0.3) is 0 Å². The molecule has 1 fully saturated rings. The number of morpholine rings is 1. The van der Waals surface area contributed by atoms with Gasteiger partial charge in [0.1, 0.15) is 5.60 Å². The third-order valence-electron chi connectivity index (χ3n) is 2.25. The van der Waals surface area contributed by atoms with Crippen LogP contribution < -0.4 is 5.32 Å². The van der Waals surface area contributed by atoms with Gasteiger partial charge in [0.05, 0.1) is 6.61 Å². The number of aliphatic hydroxyl groups is 1. The molecule has 0 aliphatic carbocycles. The van der Waals surface area contributed by atoms with Crippen LogP contribution in [0.15, 0.2) is 0 Å². The number of ether oxygens (including phenoxy) is 2. The molecule has 0 saturated carbocycles. The maximum absolute atomic E-state index is 11.8. The van der Waals surface area contributed by atoms with Crippen LogP contribution in [0.1, 0.15) is 27.7 Å². The number of rotatable bonds is 2. The predicted octanol–water partition coefficient (Wildman–Crippen LogP) is -0.406. The Morgan fingerprint density at radius 1 is 1.47 bits per heavy atom. The molecule has 6 heteroatoms. The largest absolute Gasteiger partial charge is 0.458 e. The van der Waals surface area contributed by atoms with Crippen LogP contribution in [0.2, 0.25) is 0 Å². The molecule has 98 valence electrons. The second-order valence-corrected chi connectivity index (χ2v) is 5.19. The first-order valence-corrected chi connectivity index (χ1v) is 5.50. The normalized spacial score (nSPS) is 24.8. The number of carbonyl (C=O) groups is 2. The summed E-state index contributed by atoms with van der Waals surface area (Å²) >= 11 is 0. The summed E-state index contributed by atoms with van der Waals surface area (Å²) in [6.45, 7) is 6.90. The maximum Gasteiger partial charge on any atom is 0.341 e. The summed E-state index contributed by atoms with van der Waals surface area (Å²) < 4.78 is 10.2. The monoisotopic (exact) mass is 245 g/mol. The lowest BCUT2D eigenvalue weighted by molar-refractivity contribution is -0.195. The van der Waals surface area contributed by atoms with Gasteiger partial charge < -0.3 is 19.9 Å². The van der Waals surface area contributed by atoms with Crippen molar-refractivity contribution in [1.29, 1.82) is 0 Å².